The van der Waals surface area contributed by atoms with Gasteiger partial charge < -0.3 is 4.57 Å². The Morgan fingerprint density at radius 2 is 1.46 bits per heavy atom. The number of Topliss-reactive ketones (excluding diaryl/α,β-unsaturated/α-hetero) is 1. The zero-order chi connectivity index (χ0) is 19.8. The van der Waals surface area contributed by atoms with Crippen molar-refractivity contribution in [2.24, 2.45) is 0 Å². The van der Waals surface area contributed by atoms with Crippen LogP contribution in [-0.4, -0.2) is 10.4 Å². The number of benzene rings is 2. The lowest BCUT2D eigenvalue weighted by atomic mass is 9.97. The summed E-state index contributed by atoms with van der Waals surface area (Å²) in [6.07, 6.45) is 6.46. The van der Waals surface area contributed by atoms with Crippen LogP contribution >= 0.6 is 0 Å². The number of carbonyl (C=O) groups excluding carboxylic acids is 1. The summed E-state index contributed by atoms with van der Waals surface area (Å²) in [5, 5.41) is 2.49. The fourth-order valence-corrected chi connectivity index (χ4v) is 4.76. The molecule has 0 radical (unpaired) electrons. The van der Waals surface area contributed by atoms with E-state index in [1.807, 2.05) is 0 Å². The monoisotopic (exact) mass is 373 g/mol. The van der Waals surface area contributed by atoms with Gasteiger partial charge in [-0.25, -0.2) is 0 Å². The molecule has 2 heteroatoms. The van der Waals surface area contributed by atoms with E-state index in [1.165, 1.54) is 38.5 Å². The van der Waals surface area contributed by atoms with Crippen LogP contribution in [0.4, 0.5) is 0 Å². The van der Waals surface area contributed by atoms with Crippen LogP contribution in [0.3, 0.4) is 0 Å². The summed E-state index contributed by atoms with van der Waals surface area (Å²) in [5.41, 5.74) is 8.33. The molecule has 0 N–H and O–H groups in total. The summed E-state index contributed by atoms with van der Waals surface area (Å²) in [5.74, 6) is 0.279. The SMILES string of the molecule is CCCCC1=C(CCCC)c2cc3c(cc2C1=O)c1cc(C)ccc1n3CC. The Labute approximate surface area is 168 Å². The molecule has 0 saturated carbocycles. The Kier molecular flexibility index (Phi) is 5.14. The van der Waals surface area contributed by atoms with Crippen molar-refractivity contribution >= 4 is 33.2 Å². The number of carbonyl (C=O) groups is 1. The van der Waals surface area contributed by atoms with Crippen molar-refractivity contribution in [1.82, 2.24) is 4.57 Å². The Bertz CT molecular complexity index is 1100. The van der Waals surface area contributed by atoms with Gasteiger partial charge >= 0.3 is 0 Å². The molecule has 4 rings (SSSR count). The molecule has 1 aliphatic carbocycles. The van der Waals surface area contributed by atoms with E-state index in [-0.39, 0.29) is 5.78 Å². The topological polar surface area (TPSA) is 22.0 Å². The molecule has 0 fully saturated rings. The van der Waals surface area contributed by atoms with Gasteiger partial charge in [-0.15, -0.1) is 0 Å². The van der Waals surface area contributed by atoms with Crippen molar-refractivity contribution in [2.45, 2.75) is 72.8 Å². The summed E-state index contributed by atoms with van der Waals surface area (Å²) in [6.45, 7) is 9.71. The van der Waals surface area contributed by atoms with Gasteiger partial charge in [-0.1, -0.05) is 38.3 Å². The maximum Gasteiger partial charge on any atom is 0.189 e. The van der Waals surface area contributed by atoms with E-state index < -0.39 is 0 Å². The number of hydrogen-bond acceptors (Lipinski definition) is 1. The first kappa shape index (κ1) is 19.0. The van der Waals surface area contributed by atoms with Crippen molar-refractivity contribution in [3.8, 4) is 0 Å². The second kappa shape index (κ2) is 7.58. The predicted octanol–water partition coefficient (Wildman–Crippen LogP) is 7.45. The smallest absolute Gasteiger partial charge is 0.189 e. The van der Waals surface area contributed by atoms with Crippen LogP contribution in [0.25, 0.3) is 27.4 Å². The largest absolute Gasteiger partial charge is 0.341 e. The van der Waals surface area contributed by atoms with Gasteiger partial charge in [0, 0.05) is 39.5 Å². The fraction of sp³-hybridized carbons (Fsp3) is 0.423. The standard InChI is InChI=1S/C26H31NO/c1-5-8-10-18-19(11-9-6-2)26(28)23-15-22-21-14-17(4)12-13-24(21)27(7-3)25(22)16-20(18)23/h12-16H,5-11H2,1-4H3. The molecule has 28 heavy (non-hydrogen) atoms. The predicted molar refractivity (Wildman–Crippen MR) is 120 cm³/mol. The first-order valence-electron chi connectivity index (χ1n) is 10.9. The minimum absolute atomic E-state index is 0.279. The van der Waals surface area contributed by atoms with Crippen LogP contribution in [0.15, 0.2) is 35.9 Å². The van der Waals surface area contributed by atoms with Crippen molar-refractivity contribution in [3.05, 3.63) is 52.6 Å². The van der Waals surface area contributed by atoms with Crippen molar-refractivity contribution in [1.29, 1.82) is 0 Å². The lowest BCUT2D eigenvalue weighted by molar-refractivity contribution is 0.103. The summed E-state index contributed by atoms with van der Waals surface area (Å²) in [6, 6.07) is 11.2. The van der Waals surface area contributed by atoms with E-state index in [0.717, 1.165) is 56.2 Å². The zero-order valence-electron chi connectivity index (χ0n) is 17.7. The summed E-state index contributed by atoms with van der Waals surface area (Å²) >= 11 is 0. The van der Waals surface area contributed by atoms with E-state index in [1.54, 1.807) is 0 Å². The molecule has 0 unspecified atom stereocenters. The number of unbranched alkanes of at least 4 members (excludes halogenated alkanes) is 2. The maximum atomic E-state index is 13.3. The average Bonchev–Trinajstić information content (AvgIpc) is 3.14. The highest BCUT2D eigenvalue weighted by atomic mass is 16.1. The third-order valence-electron chi connectivity index (χ3n) is 6.24. The molecule has 2 nitrogen and oxygen atoms in total. The van der Waals surface area contributed by atoms with Gasteiger partial charge in [0.05, 0.1) is 0 Å². The van der Waals surface area contributed by atoms with Crippen LogP contribution in [0.2, 0.25) is 0 Å². The molecule has 146 valence electrons. The number of nitrogens with zero attached hydrogens (tertiary/aromatic N) is 1. The third kappa shape index (κ3) is 2.90. The highest BCUT2D eigenvalue weighted by Crippen LogP contribution is 2.42. The fourth-order valence-electron chi connectivity index (χ4n) is 4.76. The molecule has 0 atom stereocenters. The number of aromatic nitrogens is 1. The molecular formula is C26H31NO. The van der Waals surface area contributed by atoms with Gasteiger partial charge in [0.2, 0.25) is 0 Å². The number of aryl methyl sites for hydroxylation is 2. The second-order valence-electron chi connectivity index (χ2n) is 8.17. The van der Waals surface area contributed by atoms with E-state index in [2.05, 4.69) is 62.6 Å². The molecule has 0 amide bonds. The van der Waals surface area contributed by atoms with Crippen LogP contribution in [0.5, 0.6) is 0 Å². The van der Waals surface area contributed by atoms with Crippen molar-refractivity contribution in [3.63, 3.8) is 0 Å². The maximum absolute atomic E-state index is 13.3. The molecular weight excluding hydrogens is 342 g/mol. The minimum atomic E-state index is 0.279. The van der Waals surface area contributed by atoms with E-state index >= 15 is 0 Å². The molecule has 3 aromatic rings. The van der Waals surface area contributed by atoms with Gasteiger partial charge in [0.25, 0.3) is 0 Å². The van der Waals surface area contributed by atoms with Gasteiger partial charge in [-0.05, 0) is 74.9 Å². The molecule has 0 spiro atoms. The Balaban J connectivity index is 1.97. The average molecular weight is 374 g/mol. The first-order chi connectivity index (χ1) is 13.6. The molecule has 0 aliphatic heterocycles. The van der Waals surface area contributed by atoms with E-state index in [9.17, 15) is 4.79 Å². The van der Waals surface area contributed by atoms with E-state index in [4.69, 9.17) is 0 Å². The Hall–Kier alpha value is -2.35. The number of hydrogen-bond donors (Lipinski definition) is 0. The van der Waals surface area contributed by atoms with Crippen molar-refractivity contribution < 1.29 is 4.79 Å². The Morgan fingerprint density at radius 3 is 2.14 bits per heavy atom. The molecule has 1 aliphatic rings. The van der Waals surface area contributed by atoms with Gasteiger partial charge in [0.15, 0.2) is 5.78 Å². The third-order valence-corrected chi connectivity index (χ3v) is 6.24. The molecule has 1 heterocycles. The highest BCUT2D eigenvalue weighted by Gasteiger charge is 2.30. The minimum Gasteiger partial charge on any atom is -0.341 e. The van der Waals surface area contributed by atoms with Crippen LogP contribution in [0.1, 0.15) is 80.8 Å². The lowest BCUT2D eigenvalue weighted by Crippen LogP contribution is -1.99. The Morgan fingerprint density at radius 1 is 0.786 bits per heavy atom. The van der Waals surface area contributed by atoms with E-state index in [0.29, 0.717) is 0 Å². The van der Waals surface area contributed by atoms with Crippen LogP contribution < -0.4 is 0 Å². The van der Waals surface area contributed by atoms with Gasteiger partial charge in [-0.3, -0.25) is 4.79 Å². The molecule has 0 saturated heterocycles. The number of allylic oxidation sites excluding steroid dienone is 2. The lowest BCUT2D eigenvalue weighted by Gasteiger charge is -2.09. The summed E-state index contributed by atoms with van der Waals surface area (Å²) in [7, 11) is 0. The second-order valence-corrected chi connectivity index (χ2v) is 8.17. The molecule has 0 bridgehead atoms. The van der Waals surface area contributed by atoms with Crippen molar-refractivity contribution in [2.75, 3.05) is 0 Å². The summed E-state index contributed by atoms with van der Waals surface area (Å²) in [4.78, 5) is 13.3. The first-order valence-corrected chi connectivity index (χ1v) is 10.9. The van der Waals surface area contributed by atoms with Gasteiger partial charge in [0.1, 0.15) is 0 Å². The van der Waals surface area contributed by atoms with Gasteiger partial charge in [-0.2, -0.15) is 0 Å². The normalized spacial score (nSPS) is 13.9. The highest BCUT2D eigenvalue weighted by molar-refractivity contribution is 6.23. The number of ketones is 1. The summed E-state index contributed by atoms with van der Waals surface area (Å²) < 4.78 is 2.40. The number of fused-ring (bicyclic) bond motifs is 4. The van der Waals surface area contributed by atoms with Crippen LogP contribution in [0, 0.1) is 6.92 Å². The quantitative estimate of drug-likeness (QED) is 0.421. The zero-order valence-corrected chi connectivity index (χ0v) is 17.7. The van der Waals surface area contributed by atoms with Crippen LogP contribution in [-0.2, 0) is 6.54 Å². The number of rotatable bonds is 7. The molecule has 2 aromatic carbocycles. The molecule has 1 aromatic heterocycles.